The van der Waals surface area contributed by atoms with E-state index in [1.807, 2.05) is 37.9 Å². The van der Waals surface area contributed by atoms with Crippen molar-refractivity contribution in [3.8, 4) is 34.0 Å². The van der Waals surface area contributed by atoms with Crippen LogP contribution in [0.3, 0.4) is 0 Å². The molecule has 6 heterocycles. The predicted molar refractivity (Wildman–Crippen MR) is 208 cm³/mol. The Morgan fingerprint density at radius 2 is 1.62 bits per heavy atom. The molecule has 4 aliphatic heterocycles. The van der Waals surface area contributed by atoms with E-state index in [1.54, 1.807) is 6.20 Å². The highest BCUT2D eigenvalue weighted by atomic mass is 16.5. The SMILES string of the molecule is CCC(OC=O)N1CCC[C@H]1c1ncc(-c2ccc3c(c2)OC(C)C2=C3COc3cc(-c4cnc([C@@H]5CCCN5C(=O)[C@@H](NC(=O)OC)C(C)C)[nH]4)ccc32)[nH]1. The number of nitrogens with zero attached hydrogens (tertiary/aromatic N) is 4. The van der Waals surface area contributed by atoms with Crippen LogP contribution in [-0.2, 0) is 19.1 Å². The number of carbonyl (C=O) groups excluding carboxylic acids is 3. The second-order valence-corrected chi connectivity index (χ2v) is 15.3. The first-order chi connectivity index (χ1) is 27.2. The molecule has 0 spiro atoms. The Hall–Kier alpha value is -5.63. The number of nitrogens with one attached hydrogen (secondary N) is 3. The second-order valence-electron chi connectivity index (χ2n) is 15.3. The molecule has 0 radical (unpaired) electrons. The molecule has 2 aromatic heterocycles. The molecular weight excluding hydrogens is 715 g/mol. The number of hydrogen-bond acceptors (Lipinski definition) is 10. The average Bonchev–Trinajstić information content (AvgIpc) is 4.05. The van der Waals surface area contributed by atoms with Crippen molar-refractivity contribution < 1.29 is 33.3 Å². The zero-order valence-electron chi connectivity index (χ0n) is 32.5. The Morgan fingerprint density at radius 3 is 2.30 bits per heavy atom. The van der Waals surface area contributed by atoms with Gasteiger partial charge in [-0.1, -0.05) is 45.0 Å². The molecule has 8 rings (SSSR count). The van der Waals surface area contributed by atoms with E-state index < -0.39 is 12.1 Å². The summed E-state index contributed by atoms with van der Waals surface area (Å²) in [6.45, 7) is 10.3. The van der Waals surface area contributed by atoms with Gasteiger partial charge in [0.15, 0.2) is 6.23 Å². The first-order valence-corrected chi connectivity index (χ1v) is 19.6. The Kier molecular flexibility index (Phi) is 10.3. The maximum absolute atomic E-state index is 13.6. The van der Waals surface area contributed by atoms with E-state index in [2.05, 4.69) is 57.4 Å². The van der Waals surface area contributed by atoms with E-state index in [0.29, 0.717) is 31.9 Å². The summed E-state index contributed by atoms with van der Waals surface area (Å²) in [6.07, 6.45) is 6.85. The second kappa shape index (κ2) is 15.5. The number of aromatic amines is 2. The molecule has 0 bridgehead atoms. The normalized spacial score (nSPS) is 21.4. The van der Waals surface area contributed by atoms with Crippen LogP contribution >= 0.6 is 0 Å². The van der Waals surface area contributed by atoms with Gasteiger partial charge in [0.1, 0.15) is 41.9 Å². The number of fused-ring (bicyclic) bond motifs is 4. The third-order valence-electron chi connectivity index (χ3n) is 11.6. The summed E-state index contributed by atoms with van der Waals surface area (Å²) in [6, 6.07) is 11.6. The number of imidazole rings is 2. The van der Waals surface area contributed by atoms with Gasteiger partial charge in [-0.15, -0.1) is 0 Å². The minimum absolute atomic E-state index is 0.0553. The highest BCUT2D eigenvalue weighted by molar-refractivity contribution is 5.99. The zero-order chi connectivity index (χ0) is 39.1. The van der Waals surface area contributed by atoms with E-state index in [1.165, 1.54) is 7.11 Å². The predicted octanol–water partition coefficient (Wildman–Crippen LogP) is 6.64. The smallest absolute Gasteiger partial charge is 0.407 e. The van der Waals surface area contributed by atoms with E-state index in [-0.39, 0.29) is 36.2 Å². The number of aromatic nitrogens is 4. The topological polar surface area (TPSA) is 164 Å². The molecule has 0 saturated carbocycles. The third kappa shape index (κ3) is 6.80. The molecule has 2 fully saturated rings. The quantitative estimate of drug-likeness (QED) is 0.141. The highest BCUT2D eigenvalue weighted by Gasteiger charge is 2.38. The van der Waals surface area contributed by atoms with Crippen LogP contribution in [0.25, 0.3) is 33.7 Å². The van der Waals surface area contributed by atoms with Crippen LogP contribution in [0.15, 0.2) is 48.8 Å². The van der Waals surface area contributed by atoms with Crippen molar-refractivity contribution in [1.29, 1.82) is 0 Å². The van der Waals surface area contributed by atoms with E-state index in [4.69, 9.17) is 28.9 Å². The standard InChI is InChI=1S/C42H49N7O7/c1-6-36(55-22-50)48-15-7-9-32(48)39-43-20-31(45-39)26-11-13-27-29-21-54-34-17-25(12-14-28(34)37(29)24(4)56-35(27)18-26)30-19-44-40(46-30)33-10-8-16-49(33)41(51)38(23(2)3)47-42(52)53-5/h11-14,17-20,22-24,32-33,36,38H,6-10,15-16,21H2,1-5H3,(H,43,45)(H,44,46)(H,47,52)/t24?,32-,33-,36?,38-/m0/s1. The fraction of sp³-hybridized carbons (Fsp3) is 0.452. The minimum Gasteiger partial charge on any atom is -0.488 e. The average molecular weight is 764 g/mol. The van der Waals surface area contributed by atoms with Crippen LogP contribution in [0, 0.1) is 5.92 Å². The molecule has 4 aromatic rings. The van der Waals surface area contributed by atoms with Gasteiger partial charge in [-0.2, -0.15) is 0 Å². The summed E-state index contributed by atoms with van der Waals surface area (Å²) in [5, 5.41) is 2.71. The Balaban J connectivity index is 1.00. The van der Waals surface area contributed by atoms with Crippen LogP contribution < -0.4 is 14.8 Å². The molecule has 56 heavy (non-hydrogen) atoms. The molecule has 4 aliphatic rings. The van der Waals surface area contributed by atoms with Crippen molar-refractivity contribution >= 4 is 29.6 Å². The highest BCUT2D eigenvalue weighted by Crippen LogP contribution is 2.47. The Labute approximate surface area is 326 Å². The van der Waals surface area contributed by atoms with Crippen molar-refractivity contribution in [1.82, 2.24) is 35.1 Å². The molecular formula is C42H49N7O7. The summed E-state index contributed by atoms with van der Waals surface area (Å²) in [5.74, 6) is 2.89. The lowest BCUT2D eigenvalue weighted by molar-refractivity contribution is -0.145. The van der Waals surface area contributed by atoms with Crippen LogP contribution in [0.4, 0.5) is 4.79 Å². The number of methoxy groups -OCH3 is 1. The Bertz CT molecular complexity index is 2160. The maximum Gasteiger partial charge on any atom is 0.407 e. The molecule has 2 aromatic carbocycles. The van der Waals surface area contributed by atoms with E-state index >= 15 is 0 Å². The van der Waals surface area contributed by atoms with Gasteiger partial charge in [-0.25, -0.2) is 14.8 Å². The number of benzene rings is 2. The van der Waals surface area contributed by atoms with Crippen molar-refractivity contribution in [2.24, 2.45) is 5.92 Å². The van der Waals surface area contributed by atoms with Crippen LogP contribution in [0.5, 0.6) is 11.5 Å². The summed E-state index contributed by atoms with van der Waals surface area (Å²) < 4.78 is 23.2. The van der Waals surface area contributed by atoms with Crippen molar-refractivity contribution in [2.45, 2.75) is 90.3 Å². The number of H-pyrrole nitrogens is 2. The van der Waals surface area contributed by atoms with Gasteiger partial charge in [0.2, 0.25) is 5.91 Å². The van der Waals surface area contributed by atoms with E-state index in [9.17, 15) is 14.4 Å². The molecule has 5 atom stereocenters. The lowest BCUT2D eigenvalue weighted by atomic mass is 9.86. The zero-order valence-corrected chi connectivity index (χ0v) is 32.5. The number of carbonyl (C=O) groups is 3. The number of hydrogen-bond donors (Lipinski definition) is 3. The van der Waals surface area contributed by atoms with Crippen molar-refractivity contribution in [3.63, 3.8) is 0 Å². The summed E-state index contributed by atoms with van der Waals surface area (Å²) in [5.41, 5.74) is 7.83. The number of amides is 2. The van der Waals surface area contributed by atoms with E-state index in [0.717, 1.165) is 94.3 Å². The number of likely N-dealkylation sites (tertiary alicyclic amines) is 2. The lowest BCUT2D eigenvalue weighted by Gasteiger charge is -2.34. The van der Waals surface area contributed by atoms with Crippen LogP contribution in [-0.4, -0.2) is 93.4 Å². The van der Waals surface area contributed by atoms with Crippen LogP contribution in [0.1, 0.15) is 94.7 Å². The number of alkyl carbamates (subject to hydrolysis) is 1. The largest absolute Gasteiger partial charge is 0.488 e. The fourth-order valence-electron chi connectivity index (χ4n) is 8.79. The van der Waals surface area contributed by atoms with Gasteiger partial charge in [0.25, 0.3) is 6.47 Å². The lowest BCUT2D eigenvalue weighted by Crippen LogP contribution is -2.51. The minimum atomic E-state index is -0.696. The summed E-state index contributed by atoms with van der Waals surface area (Å²) in [7, 11) is 1.29. The third-order valence-corrected chi connectivity index (χ3v) is 11.6. The first-order valence-electron chi connectivity index (χ1n) is 19.6. The van der Waals surface area contributed by atoms with Gasteiger partial charge >= 0.3 is 6.09 Å². The number of rotatable bonds is 11. The monoisotopic (exact) mass is 763 g/mol. The summed E-state index contributed by atoms with van der Waals surface area (Å²) >= 11 is 0. The van der Waals surface area contributed by atoms with Gasteiger partial charge in [-0.3, -0.25) is 14.5 Å². The molecule has 2 amide bonds. The van der Waals surface area contributed by atoms with Gasteiger partial charge in [0.05, 0.1) is 43.0 Å². The van der Waals surface area contributed by atoms with Crippen molar-refractivity contribution in [3.05, 3.63) is 71.6 Å². The molecule has 3 N–H and O–H groups in total. The molecule has 2 unspecified atom stereocenters. The maximum atomic E-state index is 13.6. The Morgan fingerprint density at radius 1 is 0.964 bits per heavy atom. The summed E-state index contributed by atoms with van der Waals surface area (Å²) in [4.78, 5) is 57.2. The molecule has 294 valence electrons. The van der Waals surface area contributed by atoms with Crippen LogP contribution in [0.2, 0.25) is 0 Å². The molecule has 14 nitrogen and oxygen atoms in total. The molecule has 14 heteroatoms. The fourth-order valence-corrected chi connectivity index (χ4v) is 8.79. The van der Waals surface area contributed by atoms with Gasteiger partial charge in [0, 0.05) is 46.5 Å². The molecule has 2 saturated heterocycles. The number of ether oxygens (including phenoxy) is 4. The van der Waals surface area contributed by atoms with Gasteiger partial charge in [-0.05, 0) is 57.1 Å². The molecule has 0 aliphatic carbocycles. The van der Waals surface area contributed by atoms with Gasteiger partial charge < -0.3 is 39.1 Å². The van der Waals surface area contributed by atoms with Crippen molar-refractivity contribution in [2.75, 3.05) is 26.8 Å². The first kappa shape index (κ1) is 37.3.